The van der Waals surface area contributed by atoms with Gasteiger partial charge in [-0.25, -0.2) is 9.97 Å². The van der Waals surface area contributed by atoms with Gasteiger partial charge in [0, 0.05) is 18.9 Å². The molecule has 1 aromatic rings. The van der Waals surface area contributed by atoms with Crippen LogP contribution in [0.5, 0.6) is 0 Å². The Kier molecular flexibility index (Phi) is 4.73. The minimum Gasteiger partial charge on any atom is -0.368 e. The smallest absolute Gasteiger partial charge is 0.240 e. The molecule has 1 saturated heterocycles. The monoisotopic (exact) mass is 280 g/mol. The van der Waals surface area contributed by atoms with E-state index in [0.717, 1.165) is 12.8 Å². The largest absolute Gasteiger partial charge is 0.368 e. The number of rotatable bonds is 4. The quantitative estimate of drug-likeness (QED) is 0.638. The van der Waals surface area contributed by atoms with Crippen molar-refractivity contribution in [2.75, 3.05) is 12.3 Å². The number of carbonyl (C=O) groups excluding carboxylic acids is 2. The van der Waals surface area contributed by atoms with Crippen molar-refractivity contribution in [3.05, 3.63) is 18.5 Å². The first kappa shape index (κ1) is 13.8. The number of nitrogens with zero attached hydrogens (tertiary/aromatic N) is 3. The van der Waals surface area contributed by atoms with Gasteiger partial charge in [0.25, 0.3) is 0 Å². The van der Waals surface area contributed by atoms with Crippen LogP contribution in [-0.2, 0) is 9.59 Å². The predicted molar refractivity (Wildman–Crippen MR) is 71.3 cm³/mol. The third kappa shape index (κ3) is 3.66. The van der Waals surface area contributed by atoms with Gasteiger partial charge in [-0.15, -0.1) is 0 Å². The Morgan fingerprint density at radius 3 is 2.79 bits per heavy atom. The summed E-state index contributed by atoms with van der Waals surface area (Å²) in [4.78, 5) is 33.1. The molecule has 2 rings (SSSR count). The lowest BCUT2D eigenvalue weighted by Gasteiger charge is -2.33. The van der Waals surface area contributed by atoms with E-state index in [1.54, 1.807) is 23.4 Å². The summed E-state index contributed by atoms with van der Waals surface area (Å²) in [6.07, 6.45) is 5.78. The molecule has 0 aliphatic carbocycles. The van der Waals surface area contributed by atoms with Crippen LogP contribution in [0.15, 0.2) is 23.6 Å². The topological polar surface area (TPSA) is 89.2 Å². The molecule has 1 atom stereocenters. The van der Waals surface area contributed by atoms with Gasteiger partial charge in [0.1, 0.15) is 6.04 Å². The molecule has 1 aliphatic rings. The molecule has 6 nitrogen and oxygen atoms in total. The molecule has 0 aromatic carbocycles. The molecule has 2 N–H and O–H groups in total. The Bertz CT molecular complexity index is 454. The van der Waals surface area contributed by atoms with Crippen LogP contribution in [0.4, 0.5) is 0 Å². The maximum atomic E-state index is 12.1. The van der Waals surface area contributed by atoms with Crippen LogP contribution in [-0.4, -0.2) is 45.0 Å². The molecule has 102 valence electrons. The molecule has 19 heavy (non-hydrogen) atoms. The molecule has 0 unspecified atom stereocenters. The van der Waals surface area contributed by atoms with Gasteiger partial charge < -0.3 is 10.6 Å². The minimum atomic E-state index is -0.460. The van der Waals surface area contributed by atoms with Gasteiger partial charge in [-0.3, -0.25) is 9.59 Å². The molecule has 0 saturated carbocycles. The van der Waals surface area contributed by atoms with Crippen LogP contribution < -0.4 is 5.73 Å². The first-order valence-electron chi connectivity index (χ1n) is 6.17. The summed E-state index contributed by atoms with van der Waals surface area (Å²) in [5, 5.41) is 0.559. The molecule has 1 fully saturated rings. The fraction of sp³-hybridized carbons (Fsp3) is 0.500. The Morgan fingerprint density at radius 1 is 1.37 bits per heavy atom. The highest BCUT2D eigenvalue weighted by Gasteiger charge is 2.30. The van der Waals surface area contributed by atoms with Crippen molar-refractivity contribution in [2.24, 2.45) is 5.73 Å². The van der Waals surface area contributed by atoms with E-state index in [-0.39, 0.29) is 11.7 Å². The molecule has 7 heteroatoms. The number of hydrogen-bond donors (Lipinski definition) is 1. The SMILES string of the molecule is NC(=O)[C@H]1CCCCN1C(=O)CSc1ncccn1. The van der Waals surface area contributed by atoms with Crippen LogP contribution in [0, 0.1) is 0 Å². The molecule has 2 heterocycles. The van der Waals surface area contributed by atoms with Crippen molar-refractivity contribution >= 4 is 23.6 Å². The zero-order chi connectivity index (χ0) is 13.7. The van der Waals surface area contributed by atoms with Gasteiger partial charge in [0.2, 0.25) is 11.8 Å². The molecular formula is C12H16N4O2S. The molecule has 0 bridgehead atoms. The number of piperidine rings is 1. The Labute approximate surface area is 115 Å². The number of amides is 2. The summed E-state index contributed by atoms with van der Waals surface area (Å²) in [7, 11) is 0. The van der Waals surface area contributed by atoms with Gasteiger partial charge in [-0.2, -0.15) is 0 Å². The zero-order valence-electron chi connectivity index (χ0n) is 10.5. The highest BCUT2D eigenvalue weighted by molar-refractivity contribution is 7.99. The van der Waals surface area contributed by atoms with Crippen molar-refractivity contribution in [3.63, 3.8) is 0 Å². The minimum absolute atomic E-state index is 0.0825. The van der Waals surface area contributed by atoms with Crippen LogP contribution in [0.3, 0.4) is 0 Å². The van der Waals surface area contributed by atoms with Crippen molar-refractivity contribution in [1.29, 1.82) is 0 Å². The second-order valence-electron chi connectivity index (χ2n) is 4.32. The van der Waals surface area contributed by atoms with Crippen LogP contribution in [0.1, 0.15) is 19.3 Å². The number of nitrogens with two attached hydrogens (primary N) is 1. The molecule has 0 spiro atoms. The van der Waals surface area contributed by atoms with Gasteiger partial charge in [0.15, 0.2) is 5.16 Å². The molecule has 1 aromatic heterocycles. The first-order chi connectivity index (χ1) is 9.18. The van der Waals surface area contributed by atoms with E-state index in [1.807, 2.05) is 0 Å². The Morgan fingerprint density at radius 2 is 2.11 bits per heavy atom. The number of hydrogen-bond acceptors (Lipinski definition) is 5. The molecule has 0 radical (unpaired) electrons. The van der Waals surface area contributed by atoms with Crippen LogP contribution in [0.25, 0.3) is 0 Å². The fourth-order valence-electron chi connectivity index (χ4n) is 2.10. The van der Waals surface area contributed by atoms with E-state index >= 15 is 0 Å². The van der Waals surface area contributed by atoms with Gasteiger partial charge in [-0.05, 0) is 25.3 Å². The van der Waals surface area contributed by atoms with E-state index < -0.39 is 11.9 Å². The van der Waals surface area contributed by atoms with Gasteiger partial charge >= 0.3 is 0 Å². The number of carbonyl (C=O) groups is 2. The van der Waals surface area contributed by atoms with E-state index in [0.29, 0.717) is 18.1 Å². The normalized spacial score (nSPS) is 19.2. The van der Waals surface area contributed by atoms with E-state index in [1.165, 1.54) is 11.8 Å². The third-order valence-electron chi connectivity index (χ3n) is 3.02. The van der Waals surface area contributed by atoms with E-state index in [4.69, 9.17) is 5.73 Å². The highest BCUT2D eigenvalue weighted by Crippen LogP contribution is 2.19. The van der Waals surface area contributed by atoms with Crippen LogP contribution >= 0.6 is 11.8 Å². The lowest BCUT2D eigenvalue weighted by Crippen LogP contribution is -2.51. The number of aromatic nitrogens is 2. The lowest BCUT2D eigenvalue weighted by atomic mass is 10.0. The third-order valence-corrected chi connectivity index (χ3v) is 3.88. The summed E-state index contributed by atoms with van der Waals surface area (Å²) >= 11 is 1.27. The maximum absolute atomic E-state index is 12.1. The lowest BCUT2D eigenvalue weighted by molar-refractivity contribution is -0.138. The Balaban J connectivity index is 1.93. The zero-order valence-corrected chi connectivity index (χ0v) is 11.3. The summed E-state index contributed by atoms with van der Waals surface area (Å²) < 4.78 is 0. The number of primary amides is 1. The fourth-order valence-corrected chi connectivity index (χ4v) is 2.78. The summed E-state index contributed by atoms with van der Waals surface area (Å²) in [6.45, 7) is 0.600. The van der Waals surface area contributed by atoms with Gasteiger partial charge in [-0.1, -0.05) is 11.8 Å². The Hall–Kier alpha value is -1.63. The average molecular weight is 280 g/mol. The van der Waals surface area contributed by atoms with Crippen molar-refractivity contribution < 1.29 is 9.59 Å². The second kappa shape index (κ2) is 6.51. The summed E-state index contributed by atoms with van der Waals surface area (Å²) in [6, 6.07) is 1.26. The second-order valence-corrected chi connectivity index (χ2v) is 5.26. The maximum Gasteiger partial charge on any atom is 0.240 e. The van der Waals surface area contributed by atoms with Crippen molar-refractivity contribution in [1.82, 2.24) is 14.9 Å². The molecular weight excluding hydrogens is 264 g/mol. The summed E-state index contributed by atoms with van der Waals surface area (Å²) in [5.41, 5.74) is 5.34. The van der Waals surface area contributed by atoms with Crippen molar-refractivity contribution in [3.8, 4) is 0 Å². The average Bonchev–Trinajstić information content (AvgIpc) is 2.46. The van der Waals surface area contributed by atoms with E-state index in [2.05, 4.69) is 9.97 Å². The first-order valence-corrected chi connectivity index (χ1v) is 7.15. The number of likely N-dealkylation sites (tertiary alicyclic amines) is 1. The summed E-state index contributed by atoms with van der Waals surface area (Å²) in [5.74, 6) is -0.275. The van der Waals surface area contributed by atoms with Crippen LogP contribution in [0.2, 0.25) is 0 Å². The van der Waals surface area contributed by atoms with E-state index in [9.17, 15) is 9.59 Å². The van der Waals surface area contributed by atoms with Crippen molar-refractivity contribution in [2.45, 2.75) is 30.5 Å². The van der Waals surface area contributed by atoms with Gasteiger partial charge in [0.05, 0.1) is 5.75 Å². The predicted octanol–water partition coefficient (Wildman–Crippen LogP) is 0.435. The molecule has 2 amide bonds. The standard InChI is InChI=1S/C12H16N4O2S/c13-11(18)9-4-1-2-7-16(9)10(17)8-19-12-14-5-3-6-15-12/h3,5-6,9H,1-2,4,7-8H2,(H2,13,18)/t9-/m1/s1. The number of thioether (sulfide) groups is 1. The highest BCUT2D eigenvalue weighted by atomic mass is 32.2. The molecule has 1 aliphatic heterocycles.